The third kappa shape index (κ3) is 2.91. The molecule has 2 saturated carbocycles. The SMILES string of the molecule is CN(C)C(=O)c1ccc(NC(C2CC2)C2CC2)cc1. The molecule has 1 N–H and O–H groups in total. The quantitative estimate of drug-likeness (QED) is 0.880. The topological polar surface area (TPSA) is 32.3 Å². The van der Waals surface area contributed by atoms with E-state index in [-0.39, 0.29) is 5.91 Å². The van der Waals surface area contributed by atoms with Crippen LogP contribution in [0.15, 0.2) is 24.3 Å². The van der Waals surface area contributed by atoms with Crippen molar-refractivity contribution >= 4 is 11.6 Å². The molecule has 0 unspecified atom stereocenters. The number of nitrogens with zero attached hydrogens (tertiary/aromatic N) is 1. The number of carbonyl (C=O) groups excluding carboxylic acids is 1. The van der Waals surface area contributed by atoms with Crippen molar-refractivity contribution in [2.45, 2.75) is 31.7 Å². The second-order valence-electron chi connectivity index (χ2n) is 6.12. The first kappa shape index (κ1) is 12.5. The fourth-order valence-electron chi connectivity index (χ4n) is 2.69. The van der Waals surface area contributed by atoms with Crippen molar-refractivity contribution in [2.24, 2.45) is 11.8 Å². The predicted molar refractivity (Wildman–Crippen MR) is 77.3 cm³/mol. The molecule has 0 aliphatic heterocycles. The Bertz CT molecular complexity index is 446. The van der Waals surface area contributed by atoms with Gasteiger partial charge in [-0.25, -0.2) is 0 Å². The highest BCUT2D eigenvalue weighted by atomic mass is 16.2. The van der Waals surface area contributed by atoms with Gasteiger partial charge >= 0.3 is 0 Å². The second-order valence-corrected chi connectivity index (χ2v) is 6.12. The van der Waals surface area contributed by atoms with E-state index in [2.05, 4.69) is 5.32 Å². The lowest BCUT2D eigenvalue weighted by Gasteiger charge is -2.19. The molecule has 2 fully saturated rings. The van der Waals surface area contributed by atoms with Gasteiger partial charge in [-0.15, -0.1) is 0 Å². The van der Waals surface area contributed by atoms with Crippen LogP contribution in [0.2, 0.25) is 0 Å². The molecule has 3 heteroatoms. The van der Waals surface area contributed by atoms with Gasteiger partial charge in [-0.2, -0.15) is 0 Å². The second kappa shape index (κ2) is 4.87. The minimum absolute atomic E-state index is 0.0625. The Labute approximate surface area is 115 Å². The first-order chi connectivity index (χ1) is 9.15. The molecule has 0 bridgehead atoms. The van der Waals surface area contributed by atoms with Gasteiger partial charge in [-0.1, -0.05) is 0 Å². The van der Waals surface area contributed by atoms with Crippen molar-refractivity contribution in [3.8, 4) is 0 Å². The molecule has 1 aromatic rings. The molecule has 3 rings (SSSR count). The summed E-state index contributed by atoms with van der Waals surface area (Å²) < 4.78 is 0. The Morgan fingerprint density at radius 2 is 1.63 bits per heavy atom. The monoisotopic (exact) mass is 258 g/mol. The van der Waals surface area contributed by atoms with E-state index in [1.165, 1.54) is 25.7 Å². The third-order valence-corrected chi connectivity index (χ3v) is 4.13. The first-order valence-corrected chi connectivity index (χ1v) is 7.23. The van der Waals surface area contributed by atoms with E-state index < -0.39 is 0 Å². The summed E-state index contributed by atoms with van der Waals surface area (Å²) in [5.74, 6) is 1.83. The van der Waals surface area contributed by atoms with Crippen molar-refractivity contribution in [1.29, 1.82) is 0 Å². The summed E-state index contributed by atoms with van der Waals surface area (Å²) >= 11 is 0. The van der Waals surface area contributed by atoms with Gasteiger partial charge in [0.15, 0.2) is 0 Å². The number of anilines is 1. The average Bonchev–Trinajstić information content (AvgIpc) is 3.29. The largest absolute Gasteiger partial charge is 0.382 e. The van der Waals surface area contributed by atoms with Crippen molar-refractivity contribution in [3.63, 3.8) is 0 Å². The van der Waals surface area contributed by atoms with Crippen molar-refractivity contribution < 1.29 is 4.79 Å². The van der Waals surface area contributed by atoms with Crippen molar-refractivity contribution in [3.05, 3.63) is 29.8 Å². The number of hydrogen-bond acceptors (Lipinski definition) is 2. The molecule has 1 aromatic carbocycles. The summed E-state index contributed by atoms with van der Waals surface area (Å²) in [6.45, 7) is 0. The highest BCUT2D eigenvalue weighted by Gasteiger charge is 2.41. The van der Waals surface area contributed by atoms with Crippen LogP contribution in [-0.2, 0) is 0 Å². The van der Waals surface area contributed by atoms with Gasteiger partial charge in [-0.3, -0.25) is 4.79 Å². The van der Waals surface area contributed by atoms with E-state index in [1.54, 1.807) is 19.0 Å². The van der Waals surface area contributed by atoms with Gasteiger partial charge in [0.25, 0.3) is 5.91 Å². The van der Waals surface area contributed by atoms with Gasteiger partial charge in [0.1, 0.15) is 0 Å². The molecule has 3 nitrogen and oxygen atoms in total. The molecule has 0 aromatic heterocycles. The molecular weight excluding hydrogens is 236 g/mol. The van der Waals surface area contributed by atoms with Crippen LogP contribution in [0.3, 0.4) is 0 Å². The number of amides is 1. The molecular formula is C16H22N2O. The van der Waals surface area contributed by atoms with E-state index in [1.807, 2.05) is 24.3 Å². The summed E-state index contributed by atoms with van der Waals surface area (Å²) in [6.07, 6.45) is 5.52. The summed E-state index contributed by atoms with van der Waals surface area (Å²) in [7, 11) is 3.56. The number of hydrogen-bond donors (Lipinski definition) is 1. The van der Waals surface area contributed by atoms with Gasteiger partial charge in [0.05, 0.1) is 0 Å². The molecule has 0 saturated heterocycles. The van der Waals surface area contributed by atoms with Crippen LogP contribution < -0.4 is 5.32 Å². The predicted octanol–water partition coefficient (Wildman–Crippen LogP) is 2.99. The van der Waals surface area contributed by atoms with Crippen LogP contribution in [0.1, 0.15) is 36.0 Å². The summed E-state index contributed by atoms with van der Waals surface area (Å²) in [4.78, 5) is 13.4. The zero-order valence-corrected chi connectivity index (χ0v) is 11.7. The van der Waals surface area contributed by atoms with E-state index in [0.29, 0.717) is 6.04 Å². The molecule has 0 spiro atoms. The maximum Gasteiger partial charge on any atom is 0.253 e. The fraction of sp³-hybridized carbons (Fsp3) is 0.562. The standard InChI is InChI=1S/C16H22N2O/c1-18(2)16(19)13-7-9-14(10-8-13)17-15(11-3-4-11)12-5-6-12/h7-12,15,17H,3-6H2,1-2H3. The summed E-state index contributed by atoms with van der Waals surface area (Å²) in [5.41, 5.74) is 1.91. The zero-order chi connectivity index (χ0) is 13.4. The van der Waals surface area contributed by atoms with Crippen LogP contribution in [0.25, 0.3) is 0 Å². The lowest BCUT2D eigenvalue weighted by molar-refractivity contribution is 0.0827. The molecule has 0 radical (unpaired) electrons. The van der Waals surface area contributed by atoms with Gasteiger partial charge in [-0.05, 0) is 61.8 Å². The number of carbonyl (C=O) groups is 1. The average molecular weight is 258 g/mol. The Kier molecular flexibility index (Phi) is 3.21. The van der Waals surface area contributed by atoms with Gasteiger partial charge in [0, 0.05) is 31.4 Å². The molecule has 102 valence electrons. The minimum atomic E-state index is 0.0625. The summed E-state index contributed by atoms with van der Waals surface area (Å²) in [5, 5.41) is 3.67. The maximum absolute atomic E-state index is 11.8. The van der Waals surface area contributed by atoms with Crippen LogP contribution in [-0.4, -0.2) is 30.9 Å². The smallest absolute Gasteiger partial charge is 0.253 e. The molecule has 1 amide bonds. The molecule has 2 aliphatic rings. The maximum atomic E-state index is 11.8. The van der Waals surface area contributed by atoms with Crippen LogP contribution in [0.4, 0.5) is 5.69 Å². The normalized spacial score (nSPS) is 18.5. The summed E-state index contributed by atoms with van der Waals surface area (Å²) in [6, 6.07) is 8.57. The molecule has 2 aliphatic carbocycles. The Morgan fingerprint density at radius 3 is 2.05 bits per heavy atom. The van der Waals surface area contributed by atoms with E-state index >= 15 is 0 Å². The number of benzene rings is 1. The van der Waals surface area contributed by atoms with Gasteiger partial charge < -0.3 is 10.2 Å². The highest BCUT2D eigenvalue weighted by Crippen LogP contribution is 2.45. The van der Waals surface area contributed by atoms with Crippen molar-refractivity contribution in [1.82, 2.24) is 4.90 Å². The van der Waals surface area contributed by atoms with E-state index in [9.17, 15) is 4.79 Å². The van der Waals surface area contributed by atoms with Crippen LogP contribution in [0, 0.1) is 11.8 Å². The molecule has 0 heterocycles. The number of rotatable bonds is 5. The van der Waals surface area contributed by atoms with Crippen LogP contribution >= 0.6 is 0 Å². The number of nitrogens with one attached hydrogen (secondary N) is 1. The Morgan fingerprint density at radius 1 is 1.11 bits per heavy atom. The Hall–Kier alpha value is -1.51. The van der Waals surface area contributed by atoms with E-state index in [4.69, 9.17) is 0 Å². The van der Waals surface area contributed by atoms with Crippen LogP contribution in [0.5, 0.6) is 0 Å². The van der Waals surface area contributed by atoms with E-state index in [0.717, 1.165) is 23.1 Å². The lowest BCUT2D eigenvalue weighted by Crippen LogP contribution is -2.24. The fourth-order valence-corrected chi connectivity index (χ4v) is 2.69. The minimum Gasteiger partial charge on any atom is -0.382 e. The first-order valence-electron chi connectivity index (χ1n) is 7.23. The van der Waals surface area contributed by atoms with Gasteiger partial charge in [0.2, 0.25) is 0 Å². The van der Waals surface area contributed by atoms with Crippen molar-refractivity contribution in [2.75, 3.05) is 19.4 Å². The zero-order valence-electron chi connectivity index (χ0n) is 11.7. The highest BCUT2D eigenvalue weighted by molar-refractivity contribution is 5.94. The Balaban J connectivity index is 1.66. The lowest BCUT2D eigenvalue weighted by atomic mass is 10.1. The third-order valence-electron chi connectivity index (χ3n) is 4.13. The molecule has 19 heavy (non-hydrogen) atoms. The molecule has 0 atom stereocenters.